The number of fused-ring (bicyclic) bond motifs is 1. The highest BCUT2D eigenvalue weighted by Crippen LogP contribution is 2.24. The Morgan fingerprint density at radius 2 is 1.89 bits per heavy atom. The van der Waals surface area contributed by atoms with Crippen molar-refractivity contribution in [1.29, 1.82) is 0 Å². The van der Waals surface area contributed by atoms with Gasteiger partial charge in [0.05, 0.1) is 25.3 Å². The summed E-state index contributed by atoms with van der Waals surface area (Å²) in [5.74, 6) is -1.44. The fourth-order valence-corrected chi connectivity index (χ4v) is 3.70. The van der Waals surface area contributed by atoms with E-state index in [9.17, 15) is 19.2 Å². The van der Waals surface area contributed by atoms with Crippen LogP contribution in [-0.4, -0.2) is 61.0 Å². The molecule has 1 aromatic carbocycles. The summed E-state index contributed by atoms with van der Waals surface area (Å²) in [6.45, 7) is 7.53. The summed E-state index contributed by atoms with van der Waals surface area (Å²) in [6.07, 6.45) is 1.47. The van der Waals surface area contributed by atoms with Crippen molar-refractivity contribution in [3.05, 3.63) is 34.3 Å². The summed E-state index contributed by atoms with van der Waals surface area (Å²) in [5.41, 5.74) is 1.39. The minimum absolute atomic E-state index is 0.182. The molecule has 0 spiro atoms. The number of nitrogens with zero attached hydrogens (tertiary/aromatic N) is 1. The lowest BCUT2D eigenvalue weighted by Gasteiger charge is -2.21. The minimum Gasteiger partial charge on any atom is -0.444 e. The van der Waals surface area contributed by atoms with E-state index < -0.39 is 29.4 Å². The molecule has 1 aliphatic heterocycles. The summed E-state index contributed by atoms with van der Waals surface area (Å²) in [4.78, 5) is 47.4. The second kappa shape index (κ2) is 12.0. The zero-order chi connectivity index (χ0) is 25.4. The Balaban J connectivity index is 1.34. The van der Waals surface area contributed by atoms with Gasteiger partial charge in [0.1, 0.15) is 11.6 Å². The van der Waals surface area contributed by atoms with Gasteiger partial charge in [-0.05, 0) is 57.7 Å². The lowest BCUT2D eigenvalue weighted by atomic mass is 10.1. The van der Waals surface area contributed by atoms with Gasteiger partial charge in [0.25, 0.3) is 0 Å². The number of amides is 3. The van der Waals surface area contributed by atoms with E-state index >= 15 is 0 Å². The van der Waals surface area contributed by atoms with Gasteiger partial charge >= 0.3 is 11.8 Å². The predicted molar refractivity (Wildman–Crippen MR) is 126 cm³/mol. The first-order valence-corrected chi connectivity index (χ1v) is 11.7. The summed E-state index contributed by atoms with van der Waals surface area (Å²) in [6, 6.07) is 4.69. The molecule has 2 aromatic rings. The number of alkyl carbamates (subject to hydrolysis) is 1. The topological polar surface area (TPSA) is 138 Å². The molecule has 1 atom stereocenters. The predicted octanol–water partition coefficient (Wildman–Crippen LogP) is 2.06. The first kappa shape index (κ1) is 26.4. The highest BCUT2D eigenvalue weighted by molar-refractivity contribution is 6.00. The average Bonchev–Trinajstić information content (AvgIpc) is 3.08. The number of carbonyl (C=O) groups excluding carboxylic acids is 3. The van der Waals surface area contributed by atoms with Crippen molar-refractivity contribution >= 4 is 29.0 Å². The molecular weight excluding hydrogens is 458 g/mol. The monoisotopic (exact) mass is 491 g/mol. The fraction of sp³-hybridized carbons (Fsp3) is 0.583. The van der Waals surface area contributed by atoms with E-state index in [1.807, 2.05) is 6.07 Å². The maximum atomic E-state index is 12.4. The Morgan fingerprint density at radius 1 is 1.14 bits per heavy atom. The molecule has 192 valence electrons. The van der Waals surface area contributed by atoms with Crippen LogP contribution in [0.2, 0.25) is 0 Å². The van der Waals surface area contributed by atoms with Crippen LogP contribution in [0.25, 0.3) is 11.1 Å². The van der Waals surface area contributed by atoms with Crippen molar-refractivity contribution in [1.82, 2.24) is 15.2 Å². The molecule has 2 N–H and O–H groups in total. The molecule has 0 bridgehead atoms. The molecule has 1 saturated heterocycles. The van der Waals surface area contributed by atoms with E-state index in [4.69, 9.17) is 18.6 Å². The molecule has 1 unspecified atom stereocenters. The number of ether oxygens (including phenoxy) is 3. The molecule has 3 rings (SSSR count). The van der Waals surface area contributed by atoms with Gasteiger partial charge in [-0.3, -0.25) is 19.5 Å². The number of hydrogen-bond donors (Lipinski definition) is 2. The van der Waals surface area contributed by atoms with E-state index in [1.54, 1.807) is 32.9 Å². The van der Waals surface area contributed by atoms with Crippen LogP contribution in [0.15, 0.2) is 27.4 Å². The van der Waals surface area contributed by atoms with E-state index in [0.717, 1.165) is 18.4 Å². The number of piperidine rings is 1. The molecule has 2 heterocycles. The quantitative estimate of drug-likeness (QED) is 0.360. The van der Waals surface area contributed by atoms with E-state index in [-0.39, 0.29) is 18.7 Å². The Bertz CT molecular complexity index is 1100. The Kier molecular flexibility index (Phi) is 9.05. The van der Waals surface area contributed by atoms with Crippen LogP contribution in [0.5, 0.6) is 0 Å². The summed E-state index contributed by atoms with van der Waals surface area (Å²) < 4.78 is 22.8. The summed E-state index contributed by atoms with van der Waals surface area (Å²) >= 11 is 0. The Morgan fingerprint density at radius 3 is 2.60 bits per heavy atom. The smallest absolute Gasteiger partial charge is 0.420 e. The van der Waals surface area contributed by atoms with Crippen molar-refractivity contribution < 1.29 is 33.0 Å². The van der Waals surface area contributed by atoms with Crippen molar-refractivity contribution in [2.24, 2.45) is 0 Å². The van der Waals surface area contributed by atoms with E-state index in [1.165, 1.54) is 4.57 Å². The average molecular weight is 492 g/mol. The summed E-state index contributed by atoms with van der Waals surface area (Å²) in [7, 11) is 0. The standard InChI is InChI=1S/C24H33N3O8/c1-24(2,3)35-22(30)25-10-12-33-14-13-32-11-4-5-16-6-7-17-19(15-16)34-23(31)27(17)18-8-9-20(28)26-21(18)29/h6-7,15,18H,4-5,8-14H2,1-3H3,(H,25,30)(H,26,28,29). The molecule has 1 fully saturated rings. The van der Waals surface area contributed by atoms with Crippen LogP contribution in [0, 0.1) is 0 Å². The maximum Gasteiger partial charge on any atom is 0.420 e. The van der Waals surface area contributed by atoms with Crippen LogP contribution in [-0.2, 0) is 30.2 Å². The molecule has 35 heavy (non-hydrogen) atoms. The van der Waals surface area contributed by atoms with E-state index in [2.05, 4.69) is 10.6 Å². The molecule has 0 aliphatic carbocycles. The van der Waals surface area contributed by atoms with Crippen LogP contribution >= 0.6 is 0 Å². The highest BCUT2D eigenvalue weighted by atomic mass is 16.6. The molecular formula is C24H33N3O8. The third kappa shape index (κ3) is 7.93. The molecule has 11 heteroatoms. The molecule has 3 amide bonds. The number of hydrogen-bond acceptors (Lipinski definition) is 8. The van der Waals surface area contributed by atoms with Gasteiger partial charge < -0.3 is 23.9 Å². The van der Waals surface area contributed by atoms with Crippen molar-refractivity contribution in [3.63, 3.8) is 0 Å². The number of rotatable bonds is 11. The number of aromatic nitrogens is 1. The number of carbonyl (C=O) groups is 3. The lowest BCUT2D eigenvalue weighted by molar-refractivity contribution is -0.135. The second-order valence-corrected chi connectivity index (χ2v) is 9.26. The van der Waals surface area contributed by atoms with Crippen LogP contribution in [0.4, 0.5) is 4.79 Å². The molecule has 11 nitrogen and oxygen atoms in total. The normalized spacial score (nSPS) is 16.4. The van der Waals surface area contributed by atoms with Crippen LogP contribution in [0.1, 0.15) is 51.6 Å². The van der Waals surface area contributed by atoms with E-state index in [0.29, 0.717) is 44.1 Å². The first-order valence-electron chi connectivity index (χ1n) is 11.7. The summed E-state index contributed by atoms with van der Waals surface area (Å²) in [5, 5.41) is 4.89. The van der Waals surface area contributed by atoms with Gasteiger partial charge in [0, 0.05) is 19.6 Å². The third-order valence-corrected chi connectivity index (χ3v) is 5.24. The zero-order valence-corrected chi connectivity index (χ0v) is 20.4. The van der Waals surface area contributed by atoms with Gasteiger partial charge in [-0.25, -0.2) is 9.59 Å². The molecule has 1 aromatic heterocycles. The number of aryl methyl sites for hydroxylation is 1. The first-order chi connectivity index (χ1) is 16.6. The van der Waals surface area contributed by atoms with Crippen LogP contribution in [0.3, 0.4) is 0 Å². The van der Waals surface area contributed by atoms with Crippen LogP contribution < -0.4 is 16.4 Å². The second-order valence-electron chi connectivity index (χ2n) is 9.26. The van der Waals surface area contributed by atoms with Crippen molar-refractivity contribution in [2.75, 3.05) is 33.0 Å². The van der Waals surface area contributed by atoms with Gasteiger partial charge in [-0.15, -0.1) is 0 Å². The van der Waals surface area contributed by atoms with Gasteiger partial charge in [-0.1, -0.05) is 6.07 Å². The number of oxazole rings is 1. The van der Waals surface area contributed by atoms with Gasteiger partial charge in [-0.2, -0.15) is 0 Å². The Hall–Kier alpha value is -3.18. The minimum atomic E-state index is -0.754. The third-order valence-electron chi connectivity index (χ3n) is 5.24. The largest absolute Gasteiger partial charge is 0.444 e. The van der Waals surface area contributed by atoms with Crippen molar-refractivity contribution in [3.8, 4) is 0 Å². The zero-order valence-electron chi connectivity index (χ0n) is 20.4. The number of nitrogens with one attached hydrogen (secondary N) is 2. The highest BCUT2D eigenvalue weighted by Gasteiger charge is 2.31. The SMILES string of the molecule is CC(C)(C)OC(=O)NCCOCCOCCCc1ccc2c(c1)oc(=O)n2C1CCC(=O)NC1=O. The molecule has 1 aliphatic rings. The maximum absolute atomic E-state index is 12.4. The number of benzene rings is 1. The fourth-order valence-electron chi connectivity index (χ4n) is 3.70. The van der Waals surface area contributed by atoms with Gasteiger partial charge in [0.2, 0.25) is 11.8 Å². The molecule has 0 radical (unpaired) electrons. The van der Waals surface area contributed by atoms with Crippen molar-refractivity contribution in [2.45, 2.75) is 58.1 Å². The van der Waals surface area contributed by atoms with Gasteiger partial charge in [0.15, 0.2) is 5.58 Å². The Labute approximate surface area is 203 Å². The lowest BCUT2D eigenvalue weighted by Crippen LogP contribution is -2.43. The molecule has 0 saturated carbocycles. The number of imide groups is 1.